The number of ether oxygens (including phenoxy) is 1. The minimum Gasteiger partial charge on any atom is -0.394 e. The zero-order chi connectivity index (χ0) is 20.8. The topological polar surface area (TPSA) is 83.6 Å². The predicted octanol–water partition coefficient (Wildman–Crippen LogP) is 2.78. The zero-order valence-corrected chi connectivity index (χ0v) is 18.0. The lowest BCUT2D eigenvalue weighted by molar-refractivity contribution is 0.0667. The van der Waals surface area contributed by atoms with Gasteiger partial charge in [-0.3, -0.25) is 0 Å². The monoisotopic (exact) mass is 436 g/mol. The molecule has 0 bridgehead atoms. The molecule has 0 unspecified atom stereocenters. The molecule has 0 saturated heterocycles. The summed E-state index contributed by atoms with van der Waals surface area (Å²) in [5, 5.41) is 20.6. The molecule has 0 spiro atoms. The molecule has 29 heavy (non-hydrogen) atoms. The van der Waals surface area contributed by atoms with Crippen LogP contribution in [0.2, 0.25) is 5.15 Å². The van der Waals surface area contributed by atoms with Gasteiger partial charge in [0.05, 0.1) is 31.0 Å². The van der Waals surface area contributed by atoms with E-state index >= 15 is 0 Å². The molecule has 3 aromatic rings. The normalized spacial score (nSPS) is 13.6. The lowest BCUT2D eigenvalue weighted by Gasteiger charge is -2.31. The summed E-state index contributed by atoms with van der Waals surface area (Å²) >= 11 is 7.88. The zero-order valence-electron chi connectivity index (χ0n) is 16.4. The highest BCUT2D eigenvalue weighted by Crippen LogP contribution is 2.32. The summed E-state index contributed by atoms with van der Waals surface area (Å²) in [7, 11) is 1.82. The Morgan fingerprint density at radius 3 is 2.72 bits per heavy atom. The van der Waals surface area contributed by atoms with E-state index < -0.39 is 12.1 Å². The van der Waals surface area contributed by atoms with Gasteiger partial charge in [-0.2, -0.15) is 11.8 Å². The highest BCUT2D eigenvalue weighted by atomic mass is 35.5. The van der Waals surface area contributed by atoms with Gasteiger partial charge < -0.3 is 24.4 Å². The summed E-state index contributed by atoms with van der Waals surface area (Å²) in [4.78, 5) is 10.3. The van der Waals surface area contributed by atoms with Crippen molar-refractivity contribution in [3.8, 4) is 0 Å². The average Bonchev–Trinajstić information content (AvgIpc) is 3.09. The van der Waals surface area contributed by atoms with Crippen LogP contribution in [0.5, 0.6) is 0 Å². The number of aliphatic hydroxyl groups is 2. The van der Waals surface area contributed by atoms with Gasteiger partial charge in [0.1, 0.15) is 24.1 Å². The Balaban J connectivity index is 1.87. The van der Waals surface area contributed by atoms with E-state index in [1.165, 1.54) is 18.1 Å². The number of aromatic nitrogens is 3. The largest absolute Gasteiger partial charge is 0.394 e. The van der Waals surface area contributed by atoms with E-state index in [1.54, 1.807) is 0 Å². The molecule has 0 radical (unpaired) electrons. The number of benzene rings is 1. The number of nitrogens with zero attached hydrogens (tertiary/aromatic N) is 4. The molecule has 1 aromatic carbocycles. The molecule has 0 fully saturated rings. The molecule has 2 N–H and O–H groups in total. The highest BCUT2D eigenvalue weighted by molar-refractivity contribution is 7.98. The van der Waals surface area contributed by atoms with Crippen LogP contribution in [0.3, 0.4) is 0 Å². The molecular formula is C20H25ClN4O3S. The average molecular weight is 437 g/mol. The van der Waals surface area contributed by atoms with E-state index in [0.29, 0.717) is 28.5 Å². The molecule has 7 nitrogen and oxygen atoms in total. The molecule has 2 atom stereocenters. The van der Waals surface area contributed by atoms with Gasteiger partial charge in [-0.25, -0.2) is 9.97 Å². The lowest BCUT2D eigenvalue weighted by atomic mass is 10.1. The third kappa shape index (κ3) is 5.02. The minimum atomic E-state index is -0.690. The lowest BCUT2D eigenvalue weighted by Crippen LogP contribution is -2.45. The fraction of sp³-hybridized carbons (Fsp3) is 0.400. The van der Waals surface area contributed by atoms with Crippen molar-refractivity contribution < 1.29 is 14.9 Å². The van der Waals surface area contributed by atoms with Crippen molar-refractivity contribution in [1.29, 1.82) is 0 Å². The van der Waals surface area contributed by atoms with Crippen LogP contribution in [-0.4, -0.2) is 62.6 Å². The van der Waals surface area contributed by atoms with Gasteiger partial charge in [0.15, 0.2) is 5.15 Å². The number of halogens is 1. The van der Waals surface area contributed by atoms with Gasteiger partial charge in [0.25, 0.3) is 0 Å². The third-order valence-electron chi connectivity index (χ3n) is 4.77. The van der Waals surface area contributed by atoms with Crippen LogP contribution in [-0.2, 0) is 18.1 Å². The first-order chi connectivity index (χ1) is 14.1. The second-order valence-electron chi connectivity index (χ2n) is 6.69. The van der Waals surface area contributed by atoms with E-state index in [1.807, 2.05) is 59.3 Å². The molecular weight excluding hydrogens is 412 g/mol. The number of likely N-dealkylation sites (N-methyl/N-ethyl adjacent to an activating group) is 1. The molecule has 0 amide bonds. The molecule has 0 aliphatic heterocycles. The van der Waals surface area contributed by atoms with Crippen LogP contribution >= 0.6 is 23.4 Å². The second-order valence-corrected chi connectivity index (χ2v) is 7.96. The molecule has 0 aliphatic rings. The van der Waals surface area contributed by atoms with Crippen LogP contribution < -0.4 is 4.90 Å². The van der Waals surface area contributed by atoms with Crippen molar-refractivity contribution in [3.63, 3.8) is 0 Å². The van der Waals surface area contributed by atoms with E-state index in [4.69, 9.17) is 16.3 Å². The van der Waals surface area contributed by atoms with Gasteiger partial charge in [-0.1, -0.05) is 41.9 Å². The van der Waals surface area contributed by atoms with Crippen molar-refractivity contribution >= 4 is 40.1 Å². The SMILES string of the molecule is CSC[C@@H](O)[C@@H](CO)N(C)c1cn(COCc2ccccc2)c2c(Cl)ncnc12. The molecule has 0 saturated carbocycles. The molecule has 0 aliphatic carbocycles. The molecule has 2 heterocycles. The quantitative estimate of drug-likeness (QED) is 0.473. The number of fused-ring (bicyclic) bond motifs is 1. The summed E-state index contributed by atoms with van der Waals surface area (Å²) in [5.41, 5.74) is 3.11. The van der Waals surface area contributed by atoms with E-state index in [0.717, 1.165) is 11.3 Å². The van der Waals surface area contributed by atoms with Gasteiger partial charge in [-0.15, -0.1) is 0 Å². The fourth-order valence-corrected chi connectivity index (χ4v) is 4.04. The van der Waals surface area contributed by atoms with Crippen molar-refractivity contribution in [2.24, 2.45) is 0 Å². The smallest absolute Gasteiger partial charge is 0.156 e. The Bertz CT molecular complexity index is 925. The number of hydrogen-bond donors (Lipinski definition) is 2. The summed E-state index contributed by atoms with van der Waals surface area (Å²) in [6, 6.07) is 9.43. The van der Waals surface area contributed by atoms with E-state index in [2.05, 4.69) is 9.97 Å². The number of anilines is 1. The molecule has 3 rings (SSSR count). The predicted molar refractivity (Wildman–Crippen MR) is 117 cm³/mol. The summed E-state index contributed by atoms with van der Waals surface area (Å²) in [5.74, 6) is 0.518. The first-order valence-electron chi connectivity index (χ1n) is 9.18. The standard InChI is InChI=1S/C20H25ClN4O3S/c1-24(16(9-26)17(27)11-29-2)15-8-25(19-18(15)22-12-23-20(19)21)13-28-10-14-6-4-3-5-7-14/h3-8,12,16-17,26-27H,9-11,13H2,1-2H3/t16-,17-/m1/s1. The van der Waals surface area contributed by atoms with Gasteiger partial charge >= 0.3 is 0 Å². The Morgan fingerprint density at radius 2 is 2.03 bits per heavy atom. The maximum Gasteiger partial charge on any atom is 0.156 e. The first kappa shape index (κ1) is 21.9. The summed E-state index contributed by atoms with van der Waals surface area (Å²) in [6.45, 7) is 0.542. The summed E-state index contributed by atoms with van der Waals surface area (Å²) < 4.78 is 7.71. The number of aliphatic hydroxyl groups excluding tert-OH is 2. The van der Waals surface area contributed by atoms with E-state index in [-0.39, 0.29) is 13.3 Å². The van der Waals surface area contributed by atoms with Crippen LogP contribution in [0.15, 0.2) is 42.9 Å². The molecule has 9 heteroatoms. The minimum absolute atomic E-state index is 0.186. The van der Waals surface area contributed by atoms with Crippen LogP contribution in [0.25, 0.3) is 11.0 Å². The Kier molecular flexibility index (Phi) is 7.74. The Morgan fingerprint density at radius 1 is 1.28 bits per heavy atom. The van der Waals surface area contributed by atoms with E-state index in [9.17, 15) is 10.2 Å². The van der Waals surface area contributed by atoms with Gasteiger partial charge in [0.2, 0.25) is 0 Å². The van der Waals surface area contributed by atoms with Crippen molar-refractivity contribution in [2.45, 2.75) is 25.5 Å². The van der Waals surface area contributed by atoms with Crippen molar-refractivity contribution in [2.75, 3.05) is 30.6 Å². The Labute approximate surface area is 179 Å². The number of hydrogen-bond acceptors (Lipinski definition) is 7. The van der Waals surface area contributed by atoms with Gasteiger partial charge in [-0.05, 0) is 11.8 Å². The Hall–Kier alpha value is -1.84. The maximum absolute atomic E-state index is 10.4. The second kappa shape index (κ2) is 10.3. The van der Waals surface area contributed by atoms with Crippen LogP contribution in [0.4, 0.5) is 5.69 Å². The van der Waals surface area contributed by atoms with Crippen LogP contribution in [0, 0.1) is 0 Å². The van der Waals surface area contributed by atoms with Crippen LogP contribution in [0.1, 0.15) is 5.56 Å². The van der Waals surface area contributed by atoms with Crippen molar-refractivity contribution in [1.82, 2.24) is 14.5 Å². The number of thioether (sulfide) groups is 1. The first-order valence-corrected chi connectivity index (χ1v) is 11.0. The fourth-order valence-electron chi connectivity index (χ4n) is 3.23. The van der Waals surface area contributed by atoms with Crippen molar-refractivity contribution in [3.05, 3.63) is 53.6 Å². The highest BCUT2D eigenvalue weighted by Gasteiger charge is 2.26. The summed E-state index contributed by atoms with van der Waals surface area (Å²) in [6.07, 6.45) is 4.50. The molecule has 156 valence electrons. The number of rotatable bonds is 10. The maximum atomic E-state index is 10.4. The van der Waals surface area contributed by atoms with Gasteiger partial charge in [0, 0.05) is 19.0 Å². The third-order valence-corrected chi connectivity index (χ3v) is 5.73. The molecule has 2 aromatic heterocycles.